The second-order valence-corrected chi connectivity index (χ2v) is 8.84. The van der Waals surface area contributed by atoms with E-state index >= 15 is 0 Å². The van der Waals surface area contributed by atoms with Crippen LogP contribution in [0.15, 0.2) is 0 Å². The minimum atomic E-state index is 0.325. The quantitative estimate of drug-likeness (QED) is 0.750. The van der Waals surface area contributed by atoms with Crippen LogP contribution in [-0.2, 0) is 9.47 Å². The third-order valence-electron chi connectivity index (χ3n) is 6.98. The van der Waals surface area contributed by atoms with Gasteiger partial charge in [-0.3, -0.25) is 9.80 Å². The molecule has 0 unspecified atom stereocenters. The van der Waals surface area contributed by atoms with Gasteiger partial charge in [-0.25, -0.2) is 0 Å². The first kappa shape index (κ1) is 17.2. The maximum atomic E-state index is 5.68. The highest BCUT2D eigenvalue weighted by molar-refractivity contribution is 5.03. The number of hydrogen-bond acceptors (Lipinski definition) is 5. The van der Waals surface area contributed by atoms with E-state index in [2.05, 4.69) is 21.7 Å². The number of rotatable bonds is 5. The standard InChI is InChI=1S/C19H35N3O2/c1-20-5-3-16(4-6-20)12-22-8-7-21(13-19(22)14-24-15-19)11-17-9-18(10-17)23-2/h16-18H,3-15H2,1-2H3. The van der Waals surface area contributed by atoms with Crippen molar-refractivity contribution < 1.29 is 9.47 Å². The first-order valence-corrected chi connectivity index (χ1v) is 9.93. The molecule has 0 aromatic heterocycles. The number of methoxy groups -OCH3 is 1. The molecule has 3 heterocycles. The maximum Gasteiger partial charge on any atom is 0.0807 e. The molecule has 1 saturated carbocycles. The summed E-state index contributed by atoms with van der Waals surface area (Å²) in [6, 6.07) is 0. The van der Waals surface area contributed by atoms with Gasteiger partial charge in [-0.1, -0.05) is 0 Å². The highest BCUT2D eigenvalue weighted by Gasteiger charge is 2.48. The number of ether oxygens (including phenoxy) is 2. The third kappa shape index (κ3) is 3.51. The zero-order valence-electron chi connectivity index (χ0n) is 15.6. The van der Waals surface area contributed by atoms with E-state index in [9.17, 15) is 0 Å². The first-order valence-electron chi connectivity index (χ1n) is 9.93. The Bertz CT molecular complexity index is 415. The molecule has 4 fully saturated rings. The predicted molar refractivity (Wildman–Crippen MR) is 95.3 cm³/mol. The average molecular weight is 338 g/mol. The second-order valence-electron chi connectivity index (χ2n) is 8.84. The zero-order valence-corrected chi connectivity index (χ0v) is 15.6. The lowest BCUT2D eigenvalue weighted by Crippen LogP contribution is -2.72. The minimum Gasteiger partial charge on any atom is -0.381 e. The number of hydrogen-bond donors (Lipinski definition) is 0. The van der Waals surface area contributed by atoms with E-state index < -0.39 is 0 Å². The van der Waals surface area contributed by atoms with Gasteiger partial charge in [-0.2, -0.15) is 0 Å². The van der Waals surface area contributed by atoms with Crippen molar-refractivity contribution in [2.24, 2.45) is 11.8 Å². The van der Waals surface area contributed by atoms with Crippen molar-refractivity contribution in [3.8, 4) is 0 Å². The van der Waals surface area contributed by atoms with Crippen molar-refractivity contribution in [1.29, 1.82) is 0 Å². The molecular formula is C19H35N3O2. The summed E-state index contributed by atoms with van der Waals surface area (Å²) in [6.45, 7) is 10.7. The van der Waals surface area contributed by atoms with Crippen LogP contribution in [0.4, 0.5) is 0 Å². The van der Waals surface area contributed by atoms with Crippen LogP contribution in [-0.4, -0.2) is 99.5 Å². The molecular weight excluding hydrogens is 302 g/mol. The molecule has 3 aliphatic heterocycles. The third-order valence-corrected chi connectivity index (χ3v) is 6.98. The van der Waals surface area contributed by atoms with Crippen LogP contribution in [0.3, 0.4) is 0 Å². The van der Waals surface area contributed by atoms with Gasteiger partial charge in [-0.05, 0) is 57.7 Å². The number of piperazine rings is 1. The topological polar surface area (TPSA) is 28.2 Å². The molecule has 3 saturated heterocycles. The summed E-state index contributed by atoms with van der Waals surface area (Å²) in [6.07, 6.45) is 5.79. The van der Waals surface area contributed by atoms with Gasteiger partial charge >= 0.3 is 0 Å². The molecule has 5 nitrogen and oxygen atoms in total. The monoisotopic (exact) mass is 337 g/mol. The summed E-state index contributed by atoms with van der Waals surface area (Å²) >= 11 is 0. The van der Waals surface area contributed by atoms with Crippen molar-refractivity contribution >= 4 is 0 Å². The molecule has 0 atom stereocenters. The van der Waals surface area contributed by atoms with Crippen LogP contribution in [0.1, 0.15) is 25.7 Å². The minimum absolute atomic E-state index is 0.325. The maximum absolute atomic E-state index is 5.68. The van der Waals surface area contributed by atoms with Gasteiger partial charge in [0, 0.05) is 39.8 Å². The van der Waals surface area contributed by atoms with Crippen LogP contribution in [0, 0.1) is 11.8 Å². The Morgan fingerprint density at radius 1 is 1.00 bits per heavy atom. The van der Waals surface area contributed by atoms with Gasteiger partial charge in [0.05, 0.1) is 24.9 Å². The molecule has 1 aliphatic carbocycles. The molecule has 0 amide bonds. The molecule has 4 aliphatic rings. The molecule has 0 N–H and O–H groups in total. The summed E-state index contributed by atoms with van der Waals surface area (Å²) in [5.41, 5.74) is 0.325. The van der Waals surface area contributed by atoms with Crippen LogP contribution in [0.5, 0.6) is 0 Å². The van der Waals surface area contributed by atoms with Crippen LogP contribution < -0.4 is 0 Å². The first-order chi connectivity index (χ1) is 11.7. The highest BCUT2D eigenvalue weighted by Crippen LogP contribution is 2.35. The highest BCUT2D eigenvalue weighted by atomic mass is 16.5. The van der Waals surface area contributed by atoms with E-state index in [0.717, 1.165) is 25.0 Å². The SMILES string of the molecule is COC1CC(CN2CCN(CC3CCN(C)CC3)C3(COC3)C2)C1. The molecule has 24 heavy (non-hydrogen) atoms. The van der Waals surface area contributed by atoms with E-state index in [1.54, 1.807) is 0 Å². The Kier molecular flexibility index (Phi) is 5.17. The van der Waals surface area contributed by atoms with Crippen LogP contribution >= 0.6 is 0 Å². The molecule has 0 radical (unpaired) electrons. The summed E-state index contributed by atoms with van der Waals surface area (Å²) in [5, 5.41) is 0. The smallest absolute Gasteiger partial charge is 0.0807 e. The van der Waals surface area contributed by atoms with Crippen molar-refractivity contribution in [3.63, 3.8) is 0 Å². The second kappa shape index (κ2) is 7.20. The van der Waals surface area contributed by atoms with Gasteiger partial charge in [-0.15, -0.1) is 0 Å². The molecule has 138 valence electrons. The van der Waals surface area contributed by atoms with Gasteiger partial charge in [0.2, 0.25) is 0 Å². The lowest BCUT2D eigenvalue weighted by atomic mass is 9.81. The lowest BCUT2D eigenvalue weighted by molar-refractivity contribution is -0.176. The number of likely N-dealkylation sites (tertiary alicyclic amines) is 1. The van der Waals surface area contributed by atoms with Gasteiger partial charge in [0.25, 0.3) is 0 Å². The van der Waals surface area contributed by atoms with Gasteiger partial charge in [0.1, 0.15) is 0 Å². The van der Waals surface area contributed by atoms with Gasteiger partial charge < -0.3 is 14.4 Å². The van der Waals surface area contributed by atoms with E-state index in [-0.39, 0.29) is 0 Å². The Morgan fingerprint density at radius 2 is 1.75 bits per heavy atom. The summed E-state index contributed by atoms with van der Waals surface area (Å²) in [7, 11) is 4.11. The molecule has 5 heteroatoms. The fourth-order valence-corrected chi connectivity index (χ4v) is 5.08. The summed E-state index contributed by atoms with van der Waals surface area (Å²) in [4.78, 5) is 7.98. The van der Waals surface area contributed by atoms with Crippen molar-refractivity contribution in [3.05, 3.63) is 0 Å². The molecule has 4 rings (SSSR count). The fourth-order valence-electron chi connectivity index (χ4n) is 5.08. The summed E-state index contributed by atoms with van der Waals surface area (Å²) < 4.78 is 11.1. The van der Waals surface area contributed by atoms with Crippen molar-refractivity contribution in [1.82, 2.24) is 14.7 Å². The zero-order chi connectivity index (χ0) is 16.6. The molecule has 1 spiro atoms. The molecule has 0 aromatic rings. The fraction of sp³-hybridized carbons (Fsp3) is 1.00. The van der Waals surface area contributed by atoms with Crippen molar-refractivity contribution in [2.75, 3.05) is 73.2 Å². The molecule has 0 aromatic carbocycles. The van der Waals surface area contributed by atoms with E-state index in [1.807, 2.05) is 7.11 Å². The Balaban J connectivity index is 1.28. The normalized spacial score (nSPS) is 35.8. The van der Waals surface area contributed by atoms with Crippen LogP contribution in [0.2, 0.25) is 0 Å². The Morgan fingerprint density at radius 3 is 2.38 bits per heavy atom. The van der Waals surface area contributed by atoms with Crippen molar-refractivity contribution in [2.45, 2.75) is 37.3 Å². The molecule has 0 bridgehead atoms. The number of piperidine rings is 1. The van der Waals surface area contributed by atoms with E-state index in [4.69, 9.17) is 9.47 Å². The summed E-state index contributed by atoms with van der Waals surface area (Å²) in [5.74, 6) is 1.74. The predicted octanol–water partition coefficient (Wildman–Crippen LogP) is 1.14. The largest absolute Gasteiger partial charge is 0.381 e. The van der Waals surface area contributed by atoms with Gasteiger partial charge in [0.15, 0.2) is 0 Å². The average Bonchev–Trinajstić information content (AvgIpc) is 2.52. The Hall–Kier alpha value is -0.200. The van der Waals surface area contributed by atoms with E-state index in [0.29, 0.717) is 11.6 Å². The van der Waals surface area contributed by atoms with E-state index in [1.165, 1.54) is 71.5 Å². The van der Waals surface area contributed by atoms with Crippen LogP contribution in [0.25, 0.3) is 0 Å². The number of nitrogens with zero attached hydrogens (tertiary/aromatic N) is 3. The lowest BCUT2D eigenvalue weighted by Gasteiger charge is -2.57. The Labute approximate surface area is 147 Å².